The Bertz CT molecular complexity index is 123. The number of aliphatic hydroxyl groups excluding tert-OH is 1. The second-order valence-corrected chi connectivity index (χ2v) is 2.62. The minimum atomic E-state index is -0.458. The molecule has 1 heterocycles. The summed E-state index contributed by atoms with van der Waals surface area (Å²) in [5.41, 5.74) is 5.49. The molecule has 0 aliphatic carbocycles. The van der Waals surface area contributed by atoms with Gasteiger partial charge in [0, 0.05) is 0 Å². The average molecular weight is 142 g/mol. The average Bonchev–Trinajstić information content (AvgIpc) is 2.14. The predicted molar refractivity (Wildman–Crippen MR) is 36.9 cm³/mol. The monoisotopic (exact) mass is 142 g/mol. The standard InChI is InChI=1S/C5H11BN2O2/c7-4-1-8(3-6-10)2-5(4)9/h4-5,9H,1-3,7H2. The molecular weight excluding hydrogens is 131 g/mol. The molecule has 0 aromatic heterocycles. The third kappa shape index (κ3) is 1.62. The van der Waals surface area contributed by atoms with E-state index in [-0.39, 0.29) is 6.04 Å². The normalized spacial score (nSPS) is 34.2. The Kier molecular flexibility index (Phi) is 2.53. The van der Waals surface area contributed by atoms with Gasteiger partial charge < -0.3 is 0 Å². The van der Waals surface area contributed by atoms with Crippen molar-refractivity contribution in [3.05, 3.63) is 0 Å². The summed E-state index contributed by atoms with van der Waals surface area (Å²) < 4.78 is 10.0. The van der Waals surface area contributed by atoms with E-state index < -0.39 is 6.10 Å². The molecule has 0 radical (unpaired) electrons. The zero-order valence-corrected chi connectivity index (χ0v) is 5.73. The molecule has 1 aliphatic heterocycles. The van der Waals surface area contributed by atoms with Gasteiger partial charge in [-0.1, -0.05) is 0 Å². The van der Waals surface area contributed by atoms with Crippen LogP contribution < -0.4 is 5.73 Å². The van der Waals surface area contributed by atoms with E-state index in [1.807, 2.05) is 4.90 Å². The Balaban J connectivity index is 2.33. The molecular formula is C5H11BN2O2. The first-order valence-corrected chi connectivity index (χ1v) is 3.33. The quantitative estimate of drug-likeness (QED) is 0.437. The van der Waals surface area contributed by atoms with Gasteiger partial charge in [0.1, 0.15) is 0 Å². The molecule has 0 spiro atoms. The van der Waals surface area contributed by atoms with E-state index >= 15 is 0 Å². The number of rotatable bonds is 2. The summed E-state index contributed by atoms with van der Waals surface area (Å²) >= 11 is 0. The zero-order chi connectivity index (χ0) is 7.56. The predicted octanol–water partition coefficient (Wildman–Crippen LogP) is -2.00. The second-order valence-electron chi connectivity index (χ2n) is 2.62. The fraction of sp³-hybridized carbons (Fsp3) is 1.00. The Hall–Kier alpha value is -0.255. The van der Waals surface area contributed by atoms with Crippen LogP contribution in [0.1, 0.15) is 0 Å². The Morgan fingerprint density at radius 3 is 2.80 bits per heavy atom. The van der Waals surface area contributed by atoms with E-state index in [9.17, 15) is 4.70 Å². The summed E-state index contributed by atoms with van der Waals surface area (Å²) in [6.45, 7) is 1.15. The van der Waals surface area contributed by atoms with Crippen LogP contribution in [-0.2, 0) is 4.70 Å². The molecule has 1 aliphatic rings. The first-order chi connectivity index (χ1) is 4.74. The van der Waals surface area contributed by atoms with Gasteiger partial charge in [-0.25, -0.2) is 0 Å². The van der Waals surface area contributed by atoms with Crippen molar-refractivity contribution in [3.63, 3.8) is 0 Å². The fourth-order valence-corrected chi connectivity index (χ4v) is 1.15. The van der Waals surface area contributed by atoms with E-state index in [4.69, 9.17) is 10.8 Å². The van der Waals surface area contributed by atoms with Gasteiger partial charge in [0.25, 0.3) is 0 Å². The van der Waals surface area contributed by atoms with Crippen LogP contribution in [0.5, 0.6) is 0 Å². The first-order valence-electron chi connectivity index (χ1n) is 3.33. The Morgan fingerprint density at radius 1 is 1.70 bits per heavy atom. The van der Waals surface area contributed by atoms with Crippen LogP contribution >= 0.6 is 0 Å². The maximum atomic E-state index is 10.0. The molecule has 0 aromatic rings. The molecule has 10 heavy (non-hydrogen) atoms. The van der Waals surface area contributed by atoms with Crippen LogP contribution in [0.25, 0.3) is 0 Å². The van der Waals surface area contributed by atoms with Crippen LogP contribution in [0.4, 0.5) is 0 Å². The molecule has 0 bridgehead atoms. The first kappa shape index (κ1) is 7.85. The van der Waals surface area contributed by atoms with Crippen molar-refractivity contribution >= 4 is 7.15 Å². The third-order valence-electron chi connectivity index (χ3n) is 1.74. The van der Waals surface area contributed by atoms with Gasteiger partial charge in [0.2, 0.25) is 0 Å². The van der Waals surface area contributed by atoms with Gasteiger partial charge >= 0.3 is 59.3 Å². The zero-order valence-electron chi connectivity index (χ0n) is 5.73. The van der Waals surface area contributed by atoms with E-state index in [0.717, 1.165) is 7.15 Å². The molecule has 0 amide bonds. The molecule has 4 nitrogen and oxygen atoms in total. The van der Waals surface area contributed by atoms with Gasteiger partial charge in [-0.2, -0.15) is 0 Å². The number of nitrogens with two attached hydrogens (primary N) is 1. The topological polar surface area (TPSA) is 66.6 Å². The van der Waals surface area contributed by atoms with Crippen molar-refractivity contribution in [3.8, 4) is 0 Å². The van der Waals surface area contributed by atoms with Crippen molar-refractivity contribution in [2.45, 2.75) is 12.1 Å². The second kappa shape index (κ2) is 3.23. The molecule has 2 atom stereocenters. The van der Waals surface area contributed by atoms with Crippen LogP contribution in [0, 0.1) is 0 Å². The molecule has 56 valence electrons. The molecule has 1 saturated heterocycles. The van der Waals surface area contributed by atoms with Crippen molar-refractivity contribution < 1.29 is 9.81 Å². The van der Waals surface area contributed by atoms with Crippen LogP contribution in [0.2, 0.25) is 0 Å². The Morgan fingerprint density at radius 2 is 2.40 bits per heavy atom. The summed E-state index contributed by atoms with van der Waals surface area (Å²) in [5, 5.41) is 9.11. The summed E-state index contributed by atoms with van der Waals surface area (Å²) in [7, 11) is 0.824. The summed E-state index contributed by atoms with van der Waals surface area (Å²) in [5.74, 6) is 0. The van der Waals surface area contributed by atoms with E-state index in [1.165, 1.54) is 0 Å². The van der Waals surface area contributed by atoms with Crippen molar-refractivity contribution in [1.82, 2.24) is 4.90 Å². The molecule has 1 fully saturated rings. The fourth-order valence-electron chi connectivity index (χ4n) is 1.15. The van der Waals surface area contributed by atoms with Gasteiger partial charge in [-0.3, -0.25) is 0 Å². The van der Waals surface area contributed by atoms with Crippen LogP contribution in [0.3, 0.4) is 0 Å². The number of β-amino-alcohol motifs (C(OH)–C–C–N with tert-alkyl or cyclic N) is 1. The maximum absolute atomic E-state index is 10.0. The SMILES string of the molecule is NC1CN(CB=O)CC1O. The number of likely N-dealkylation sites (tertiary alicyclic amines) is 1. The molecule has 0 saturated carbocycles. The van der Waals surface area contributed by atoms with E-state index in [0.29, 0.717) is 19.5 Å². The molecule has 5 heteroatoms. The van der Waals surface area contributed by atoms with Crippen molar-refractivity contribution in [2.24, 2.45) is 5.73 Å². The summed E-state index contributed by atoms with van der Waals surface area (Å²) in [6.07, 6.45) is -0.0787. The minimum absolute atomic E-state index is 0.181. The number of hydrogen-bond donors (Lipinski definition) is 2. The van der Waals surface area contributed by atoms with Crippen LogP contribution in [0.15, 0.2) is 0 Å². The summed E-state index contributed by atoms with van der Waals surface area (Å²) in [6, 6.07) is -0.181. The third-order valence-corrected chi connectivity index (χ3v) is 1.74. The van der Waals surface area contributed by atoms with Crippen LogP contribution in [-0.4, -0.2) is 48.8 Å². The van der Waals surface area contributed by atoms with Gasteiger partial charge in [-0.05, 0) is 0 Å². The molecule has 0 aromatic carbocycles. The van der Waals surface area contributed by atoms with E-state index in [1.54, 1.807) is 0 Å². The van der Waals surface area contributed by atoms with Crippen molar-refractivity contribution in [2.75, 3.05) is 19.5 Å². The van der Waals surface area contributed by atoms with Gasteiger partial charge in [-0.15, -0.1) is 0 Å². The molecule has 3 N–H and O–H groups in total. The van der Waals surface area contributed by atoms with E-state index in [2.05, 4.69) is 0 Å². The van der Waals surface area contributed by atoms with Crippen molar-refractivity contribution in [1.29, 1.82) is 0 Å². The Labute approximate surface area is 60.3 Å². The molecule has 1 rings (SSSR count). The number of aliphatic hydroxyl groups is 1. The van der Waals surface area contributed by atoms with Gasteiger partial charge in [0.05, 0.1) is 0 Å². The van der Waals surface area contributed by atoms with Gasteiger partial charge in [0.15, 0.2) is 0 Å². The molecule has 2 unspecified atom stereocenters. The number of hydrogen-bond acceptors (Lipinski definition) is 4. The summed E-state index contributed by atoms with van der Waals surface area (Å²) in [4.78, 5) is 1.84. The number of nitrogens with zero attached hydrogens (tertiary/aromatic N) is 1.